The Morgan fingerprint density at radius 1 is 1.53 bits per heavy atom. The fourth-order valence-corrected chi connectivity index (χ4v) is 1.66. The molecule has 0 saturated carbocycles. The van der Waals surface area contributed by atoms with E-state index >= 15 is 0 Å². The van der Waals surface area contributed by atoms with Crippen molar-refractivity contribution in [2.24, 2.45) is 0 Å². The summed E-state index contributed by atoms with van der Waals surface area (Å²) in [5.74, 6) is -0.892. The summed E-state index contributed by atoms with van der Waals surface area (Å²) in [6, 6.07) is 5.44. The highest BCUT2D eigenvalue weighted by atomic mass is 32.1. The Hall–Kier alpha value is -1.47. The molecule has 0 radical (unpaired) electrons. The second-order valence-corrected chi connectivity index (χ2v) is 3.66. The number of carboxylic acid groups (broad SMARTS) is 1. The van der Waals surface area contributed by atoms with E-state index in [1.165, 1.54) is 0 Å². The number of hydrogen-bond acceptors (Lipinski definition) is 3. The summed E-state index contributed by atoms with van der Waals surface area (Å²) in [4.78, 5) is 11.1. The quantitative estimate of drug-likeness (QED) is 0.768. The molecule has 4 heteroatoms. The van der Waals surface area contributed by atoms with Gasteiger partial charge in [-0.2, -0.15) is 5.26 Å². The third kappa shape index (κ3) is 2.74. The molecule has 0 aromatic heterocycles. The number of carboxylic acids is 1. The highest BCUT2D eigenvalue weighted by molar-refractivity contribution is 7.80. The fraction of sp³-hybridized carbons (Fsp3) is 0.273. The average molecular weight is 221 g/mol. The van der Waals surface area contributed by atoms with E-state index in [0.717, 1.165) is 5.56 Å². The fourth-order valence-electron chi connectivity index (χ4n) is 1.39. The maximum atomic E-state index is 10.6. The van der Waals surface area contributed by atoms with Crippen LogP contribution in [0.25, 0.3) is 0 Å². The number of nitriles is 1. The maximum Gasteiger partial charge on any atom is 0.307 e. The van der Waals surface area contributed by atoms with Gasteiger partial charge in [-0.3, -0.25) is 4.79 Å². The minimum Gasteiger partial charge on any atom is -0.481 e. The first kappa shape index (κ1) is 11.6. The van der Waals surface area contributed by atoms with Crippen molar-refractivity contribution in [3.8, 4) is 6.07 Å². The van der Waals surface area contributed by atoms with Crippen LogP contribution < -0.4 is 0 Å². The molecule has 78 valence electrons. The Labute approximate surface area is 93.8 Å². The number of thiol groups is 1. The number of carbonyl (C=O) groups is 1. The van der Waals surface area contributed by atoms with Crippen LogP contribution >= 0.6 is 12.6 Å². The van der Waals surface area contributed by atoms with E-state index in [1.807, 2.05) is 6.92 Å². The Morgan fingerprint density at radius 2 is 2.20 bits per heavy atom. The second-order valence-electron chi connectivity index (χ2n) is 3.17. The highest BCUT2D eigenvalue weighted by Gasteiger charge is 2.09. The topological polar surface area (TPSA) is 61.1 Å². The molecular formula is C11H11NO2S. The SMILES string of the molecule is CCc1cc(CC(=O)O)c(S)cc1C#N. The lowest BCUT2D eigenvalue weighted by atomic mass is 10.0. The molecule has 0 aliphatic rings. The van der Waals surface area contributed by atoms with Crippen molar-refractivity contribution in [1.29, 1.82) is 5.26 Å². The first-order chi connectivity index (χ1) is 7.08. The van der Waals surface area contributed by atoms with E-state index in [4.69, 9.17) is 10.4 Å². The minimum atomic E-state index is -0.892. The van der Waals surface area contributed by atoms with Gasteiger partial charge in [-0.25, -0.2) is 0 Å². The van der Waals surface area contributed by atoms with Crippen LogP contribution in [0.5, 0.6) is 0 Å². The summed E-state index contributed by atoms with van der Waals surface area (Å²) < 4.78 is 0. The Morgan fingerprint density at radius 3 is 2.67 bits per heavy atom. The first-order valence-corrected chi connectivity index (χ1v) is 4.99. The van der Waals surface area contributed by atoms with Crippen molar-refractivity contribution < 1.29 is 9.90 Å². The standard InChI is InChI=1S/C11H11NO2S/c1-2-7-3-8(5-11(13)14)10(15)4-9(7)6-12/h3-4,15H,2,5H2,1H3,(H,13,14). The molecule has 0 aliphatic carbocycles. The molecule has 0 aliphatic heterocycles. The molecule has 0 unspecified atom stereocenters. The summed E-state index contributed by atoms with van der Waals surface area (Å²) in [5.41, 5.74) is 2.09. The van der Waals surface area contributed by atoms with Gasteiger partial charge in [0.05, 0.1) is 18.1 Å². The van der Waals surface area contributed by atoms with Crippen LogP contribution in [-0.2, 0) is 17.6 Å². The van der Waals surface area contributed by atoms with E-state index in [-0.39, 0.29) is 6.42 Å². The van der Waals surface area contributed by atoms with Crippen molar-refractivity contribution in [2.75, 3.05) is 0 Å². The van der Waals surface area contributed by atoms with E-state index in [9.17, 15) is 4.79 Å². The van der Waals surface area contributed by atoms with Crippen molar-refractivity contribution in [3.05, 3.63) is 28.8 Å². The number of aryl methyl sites for hydroxylation is 1. The van der Waals surface area contributed by atoms with Gasteiger partial charge in [0, 0.05) is 4.90 Å². The van der Waals surface area contributed by atoms with E-state index in [1.54, 1.807) is 12.1 Å². The molecular weight excluding hydrogens is 210 g/mol. The molecule has 1 N–H and O–H groups in total. The number of benzene rings is 1. The van der Waals surface area contributed by atoms with Crippen LogP contribution in [0.15, 0.2) is 17.0 Å². The smallest absolute Gasteiger partial charge is 0.307 e. The van der Waals surface area contributed by atoms with Crippen molar-refractivity contribution in [2.45, 2.75) is 24.7 Å². The van der Waals surface area contributed by atoms with Crippen LogP contribution in [0.3, 0.4) is 0 Å². The van der Waals surface area contributed by atoms with Gasteiger partial charge in [0.25, 0.3) is 0 Å². The predicted octanol–water partition coefficient (Wildman–Crippen LogP) is 2.04. The molecule has 0 fully saturated rings. The lowest BCUT2D eigenvalue weighted by Crippen LogP contribution is -2.02. The zero-order chi connectivity index (χ0) is 11.4. The van der Waals surface area contributed by atoms with Crippen LogP contribution in [0.1, 0.15) is 23.6 Å². The predicted molar refractivity (Wildman–Crippen MR) is 59.1 cm³/mol. The van der Waals surface area contributed by atoms with Gasteiger partial charge in [0.1, 0.15) is 0 Å². The normalized spacial score (nSPS) is 9.67. The van der Waals surface area contributed by atoms with Gasteiger partial charge in [-0.1, -0.05) is 13.0 Å². The Balaban J connectivity index is 3.21. The molecule has 3 nitrogen and oxygen atoms in total. The molecule has 1 rings (SSSR count). The Kier molecular flexibility index (Phi) is 3.75. The molecule has 0 amide bonds. The lowest BCUT2D eigenvalue weighted by molar-refractivity contribution is -0.136. The van der Waals surface area contributed by atoms with Gasteiger partial charge in [0.2, 0.25) is 0 Å². The molecule has 1 aromatic carbocycles. The summed E-state index contributed by atoms with van der Waals surface area (Å²) in [6.07, 6.45) is 0.654. The van der Waals surface area contributed by atoms with E-state index in [2.05, 4.69) is 18.7 Å². The molecule has 0 saturated heterocycles. The van der Waals surface area contributed by atoms with Gasteiger partial charge >= 0.3 is 5.97 Å². The maximum absolute atomic E-state index is 10.6. The monoisotopic (exact) mass is 221 g/mol. The van der Waals surface area contributed by atoms with E-state index in [0.29, 0.717) is 22.4 Å². The van der Waals surface area contributed by atoms with Crippen molar-refractivity contribution >= 4 is 18.6 Å². The molecule has 1 aromatic rings. The number of hydrogen-bond donors (Lipinski definition) is 2. The molecule has 0 atom stereocenters. The number of nitrogens with zero attached hydrogens (tertiary/aromatic N) is 1. The molecule has 0 bridgehead atoms. The number of aliphatic carboxylic acids is 1. The summed E-state index contributed by atoms with van der Waals surface area (Å²) >= 11 is 4.17. The Bertz CT molecular complexity index is 435. The summed E-state index contributed by atoms with van der Waals surface area (Å²) in [5, 5.41) is 17.5. The van der Waals surface area contributed by atoms with E-state index < -0.39 is 5.97 Å². The third-order valence-electron chi connectivity index (χ3n) is 2.15. The average Bonchev–Trinajstić information content (AvgIpc) is 2.19. The highest BCUT2D eigenvalue weighted by Crippen LogP contribution is 2.21. The molecule has 0 heterocycles. The number of rotatable bonds is 3. The third-order valence-corrected chi connectivity index (χ3v) is 2.56. The van der Waals surface area contributed by atoms with Gasteiger partial charge in [-0.05, 0) is 23.6 Å². The van der Waals surface area contributed by atoms with Crippen molar-refractivity contribution in [1.82, 2.24) is 0 Å². The zero-order valence-electron chi connectivity index (χ0n) is 8.32. The minimum absolute atomic E-state index is 0.0580. The van der Waals surface area contributed by atoms with Crippen LogP contribution in [-0.4, -0.2) is 11.1 Å². The van der Waals surface area contributed by atoms with Gasteiger partial charge in [-0.15, -0.1) is 12.6 Å². The van der Waals surface area contributed by atoms with Crippen molar-refractivity contribution in [3.63, 3.8) is 0 Å². The second kappa shape index (κ2) is 4.85. The summed E-state index contributed by atoms with van der Waals surface area (Å²) in [6.45, 7) is 1.93. The van der Waals surface area contributed by atoms with Crippen LogP contribution in [0.4, 0.5) is 0 Å². The van der Waals surface area contributed by atoms with Gasteiger partial charge in [0.15, 0.2) is 0 Å². The first-order valence-electron chi connectivity index (χ1n) is 4.55. The lowest BCUT2D eigenvalue weighted by Gasteiger charge is -2.07. The largest absolute Gasteiger partial charge is 0.481 e. The van der Waals surface area contributed by atoms with Crippen LogP contribution in [0, 0.1) is 11.3 Å². The molecule has 15 heavy (non-hydrogen) atoms. The van der Waals surface area contributed by atoms with Gasteiger partial charge < -0.3 is 5.11 Å². The van der Waals surface area contributed by atoms with Crippen LogP contribution in [0.2, 0.25) is 0 Å². The molecule has 0 spiro atoms. The summed E-state index contributed by atoms with van der Waals surface area (Å²) in [7, 11) is 0. The zero-order valence-corrected chi connectivity index (χ0v) is 9.21.